The van der Waals surface area contributed by atoms with Crippen LogP contribution in [0, 0.1) is 6.92 Å². The normalized spacial score (nSPS) is 10.5. The van der Waals surface area contributed by atoms with Crippen molar-refractivity contribution in [3.63, 3.8) is 0 Å². The smallest absolute Gasteiger partial charge is 0.255 e. The van der Waals surface area contributed by atoms with E-state index in [9.17, 15) is 4.79 Å². The Kier molecular flexibility index (Phi) is 3.28. The van der Waals surface area contributed by atoms with Gasteiger partial charge in [0.15, 0.2) is 0 Å². The molecule has 3 aromatic rings. The largest absolute Gasteiger partial charge is 0.399 e. The number of aryl methyl sites for hydroxylation is 1. The van der Waals surface area contributed by atoms with E-state index < -0.39 is 0 Å². The van der Waals surface area contributed by atoms with Gasteiger partial charge in [0.05, 0.1) is 11.2 Å². The third kappa shape index (κ3) is 2.69. The molecule has 0 aliphatic heterocycles. The Labute approximate surface area is 122 Å². The van der Waals surface area contributed by atoms with Crippen molar-refractivity contribution in [2.24, 2.45) is 0 Å². The Morgan fingerprint density at radius 3 is 2.71 bits per heavy atom. The molecule has 4 nitrogen and oxygen atoms in total. The molecule has 4 heteroatoms. The number of pyridine rings is 1. The molecule has 0 unspecified atom stereocenters. The van der Waals surface area contributed by atoms with E-state index in [0.29, 0.717) is 11.3 Å². The highest BCUT2D eigenvalue weighted by atomic mass is 16.1. The summed E-state index contributed by atoms with van der Waals surface area (Å²) in [6, 6.07) is 16.5. The van der Waals surface area contributed by atoms with Gasteiger partial charge in [-0.15, -0.1) is 0 Å². The van der Waals surface area contributed by atoms with E-state index in [1.165, 1.54) is 0 Å². The number of nitrogens with one attached hydrogen (secondary N) is 1. The van der Waals surface area contributed by atoms with Crippen molar-refractivity contribution in [3.05, 3.63) is 65.9 Å². The van der Waals surface area contributed by atoms with Crippen LogP contribution in [0.15, 0.2) is 54.6 Å². The van der Waals surface area contributed by atoms with E-state index in [1.807, 2.05) is 37.3 Å². The van der Waals surface area contributed by atoms with Crippen molar-refractivity contribution in [3.8, 4) is 0 Å². The molecule has 3 N–H and O–H groups in total. The lowest BCUT2D eigenvalue weighted by atomic mass is 10.1. The lowest BCUT2D eigenvalue weighted by Gasteiger charge is -2.10. The molecule has 3 rings (SSSR count). The number of benzene rings is 2. The van der Waals surface area contributed by atoms with E-state index in [4.69, 9.17) is 5.73 Å². The van der Waals surface area contributed by atoms with Crippen LogP contribution < -0.4 is 11.1 Å². The summed E-state index contributed by atoms with van der Waals surface area (Å²) in [6.07, 6.45) is 0. The average molecular weight is 277 g/mol. The Balaban J connectivity index is 2.00. The summed E-state index contributed by atoms with van der Waals surface area (Å²) in [5.74, 6) is -0.182. The van der Waals surface area contributed by atoms with Crippen LogP contribution in [0.1, 0.15) is 16.1 Å². The number of nitrogens with two attached hydrogens (primary N) is 1. The molecule has 2 aromatic carbocycles. The Morgan fingerprint density at radius 1 is 1.10 bits per heavy atom. The third-order valence-electron chi connectivity index (χ3n) is 3.24. The maximum atomic E-state index is 12.3. The summed E-state index contributed by atoms with van der Waals surface area (Å²) in [6.45, 7) is 1.91. The highest BCUT2D eigenvalue weighted by Crippen LogP contribution is 2.23. The zero-order chi connectivity index (χ0) is 14.8. The number of carbonyl (C=O) groups excluding carboxylic acids is 1. The zero-order valence-corrected chi connectivity index (χ0v) is 11.6. The van der Waals surface area contributed by atoms with Crippen molar-refractivity contribution in [2.75, 3.05) is 11.1 Å². The summed E-state index contributed by atoms with van der Waals surface area (Å²) in [4.78, 5) is 16.8. The van der Waals surface area contributed by atoms with Gasteiger partial charge in [-0.1, -0.05) is 24.3 Å². The second-order valence-corrected chi connectivity index (χ2v) is 4.91. The number of hydrogen-bond acceptors (Lipinski definition) is 3. The summed E-state index contributed by atoms with van der Waals surface area (Å²) in [5.41, 5.74) is 9.29. The number of hydrogen-bond donors (Lipinski definition) is 2. The predicted molar refractivity (Wildman–Crippen MR) is 85.3 cm³/mol. The highest BCUT2D eigenvalue weighted by Gasteiger charge is 2.09. The number of para-hydroxylation sites is 1. The van der Waals surface area contributed by atoms with E-state index in [-0.39, 0.29) is 5.91 Å². The molecular formula is C17H15N3O. The van der Waals surface area contributed by atoms with Crippen LogP contribution in [-0.4, -0.2) is 10.9 Å². The first-order chi connectivity index (χ1) is 10.1. The van der Waals surface area contributed by atoms with Crippen molar-refractivity contribution in [2.45, 2.75) is 6.92 Å². The van der Waals surface area contributed by atoms with Crippen LogP contribution in [0.3, 0.4) is 0 Å². The standard InChI is InChI=1S/C17H15N3O/c1-11-9-16(14-7-2-3-8-15(14)19-11)20-17(21)12-5-4-6-13(18)10-12/h2-10H,18H2,1H3,(H,19,20,21). The molecule has 21 heavy (non-hydrogen) atoms. The van der Waals surface area contributed by atoms with Gasteiger partial charge in [0.2, 0.25) is 0 Å². The molecule has 0 saturated carbocycles. The van der Waals surface area contributed by atoms with Gasteiger partial charge < -0.3 is 11.1 Å². The fourth-order valence-electron chi connectivity index (χ4n) is 2.29. The van der Waals surface area contributed by atoms with Crippen molar-refractivity contribution < 1.29 is 4.79 Å². The zero-order valence-electron chi connectivity index (χ0n) is 11.6. The Bertz CT molecular complexity index is 827. The molecule has 0 spiro atoms. The van der Waals surface area contributed by atoms with Gasteiger partial charge in [-0.05, 0) is 37.3 Å². The molecule has 0 bridgehead atoms. The van der Waals surface area contributed by atoms with Gasteiger partial charge in [-0.25, -0.2) is 0 Å². The second kappa shape index (κ2) is 5.25. The van der Waals surface area contributed by atoms with E-state index in [0.717, 1.165) is 22.3 Å². The number of amides is 1. The number of anilines is 2. The first-order valence-electron chi connectivity index (χ1n) is 6.67. The number of carbonyl (C=O) groups is 1. The monoisotopic (exact) mass is 277 g/mol. The Morgan fingerprint density at radius 2 is 1.90 bits per heavy atom. The molecule has 0 fully saturated rings. The summed E-state index contributed by atoms with van der Waals surface area (Å²) < 4.78 is 0. The molecule has 1 amide bonds. The third-order valence-corrected chi connectivity index (χ3v) is 3.24. The molecular weight excluding hydrogens is 262 g/mol. The summed E-state index contributed by atoms with van der Waals surface area (Å²) in [5, 5.41) is 3.85. The number of fused-ring (bicyclic) bond motifs is 1. The minimum absolute atomic E-state index is 0.182. The number of nitrogens with zero attached hydrogens (tertiary/aromatic N) is 1. The molecule has 0 aliphatic carbocycles. The van der Waals surface area contributed by atoms with Gasteiger partial charge in [0, 0.05) is 22.3 Å². The average Bonchev–Trinajstić information content (AvgIpc) is 2.47. The van der Waals surface area contributed by atoms with E-state index in [2.05, 4.69) is 10.3 Å². The van der Waals surface area contributed by atoms with Crippen molar-refractivity contribution in [1.82, 2.24) is 4.98 Å². The maximum Gasteiger partial charge on any atom is 0.255 e. The summed E-state index contributed by atoms with van der Waals surface area (Å²) >= 11 is 0. The highest BCUT2D eigenvalue weighted by molar-refractivity contribution is 6.09. The lowest BCUT2D eigenvalue weighted by molar-refractivity contribution is 0.102. The molecule has 0 atom stereocenters. The minimum Gasteiger partial charge on any atom is -0.399 e. The first-order valence-corrected chi connectivity index (χ1v) is 6.67. The number of rotatable bonds is 2. The second-order valence-electron chi connectivity index (χ2n) is 4.91. The Hall–Kier alpha value is -2.88. The molecule has 0 aliphatic rings. The first kappa shape index (κ1) is 13.1. The molecule has 0 saturated heterocycles. The topological polar surface area (TPSA) is 68.0 Å². The molecule has 1 aromatic heterocycles. The molecule has 1 heterocycles. The minimum atomic E-state index is -0.182. The van der Waals surface area contributed by atoms with Crippen molar-refractivity contribution >= 4 is 28.2 Å². The van der Waals surface area contributed by atoms with E-state index in [1.54, 1.807) is 24.3 Å². The predicted octanol–water partition coefficient (Wildman–Crippen LogP) is 3.38. The van der Waals surface area contributed by atoms with Crippen LogP contribution in [0.4, 0.5) is 11.4 Å². The van der Waals surface area contributed by atoms with Crippen LogP contribution in [0.5, 0.6) is 0 Å². The van der Waals surface area contributed by atoms with Crippen LogP contribution >= 0.6 is 0 Å². The quantitative estimate of drug-likeness (QED) is 0.706. The van der Waals surface area contributed by atoms with Gasteiger partial charge in [0.1, 0.15) is 0 Å². The molecule has 104 valence electrons. The van der Waals surface area contributed by atoms with Gasteiger partial charge >= 0.3 is 0 Å². The fraction of sp³-hybridized carbons (Fsp3) is 0.0588. The van der Waals surface area contributed by atoms with Crippen LogP contribution in [-0.2, 0) is 0 Å². The van der Waals surface area contributed by atoms with Crippen LogP contribution in [0.25, 0.3) is 10.9 Å². The number of nitrogen functional groups attached to an aromatic ring is 1. The number of aromatic nitrogens is 1. The van der Waals surface area contributed by atoms with Gasteiger partial charge in [-0.3, -0.25) is 9.78 Å². The van der Waals surface area contributed by atoms with E-state index >= 15 is 0 Å². The molecule has 0 radical (unpaired) electrons. The maximum absolute atomic E-state index is 12.3. The van der Waals surface area contributed by atoms with Gasteiger partial charge in [-0.2, -0.15) is 0 Å². The summed E-state index contributed by atoms with van der Waals surface area (Å²) in [7, 11) is 0. The lowest BCUT2D eigenvalue weighted by Crippen LogP contribution is -2.12. The van der Waals surface area contributed by atoms with Crippen molar-refractivity contribution in [1.29, 1.82) is 0 Å². The fourth-order valence-corrected chi connectivity index (χ4v) is 2.29. The van der Waals surface area contributed by atoms with Gasteiger partial charge in [0.25, 0.3) is 5.91 Å². The SMILES string of the molecule is Cc1cc(NC(=O)c2cccc(N)c2)c2ccccc2n1. The van der Waals surface area contributed by atoms with Crippen LogP contribution in [0.2, 0.25) is 0 Å².